The number of fused-ring (bicyclic) bond motifs is 7. The van der Waals surface area contributed by atoms with Crippen LogP contribution < -0.4 is 0 Å². The molecule has 112 valence electrons. The van der Waals surface area contributed by atoms with E-state index >= 15 is 0 Å². The molecule has 23 heavy (non-hydrogen) atoms. The van der Waals surface area contributed by atoms with Crippen LogP contribution in [0.5, 0.6) is 0 Å². The molecule has 3 nitrogen and oxygen atoms in total. The van der Waals surface area contributed by atoms with Crippen LogP contribution >= 0.6 is 0 Å². The first-order chi connectivity index (χ1) is 11.1. The Morgan fingerprint density at radius 3 is 2.39 bits per heavy atom. The highest BCUT2D eigenvalue weighted by Crippen LogP contribution is 2.48. The Kier molecular flexibility index (Phi) is 2.26. The monoisotopic (exact) mass is 319 g/mol. The van der Waals surface area contributed by atoms with Gasteiger partial charge in [-0.25, -0.2) is 8.42 Å². The minimum Gasteiger partial charge on any atom is -0.343 e. The predicted molar refractivity (Wildman–Crippen MR) is 91.3 cm³/mol. The molecule has 0 fully saturated rings. The average molecular weight is 319 g/mol. The zero-order valence-corrected chi connectivity index (χ0v) is 13.3. The summed E-state index contributed by atoms with van der Waals surface area (Å²) in [5.41, 5.74) is 3.73. The largest absolute Gasteiger partial charge is 0.343 e. The highest BCUT2D eigenvalue weighted by molar-refractivity contribution is 7.92. The molecule has 0 atom stereocenters. The molecule has 0 aliphatic carbocycles. The first-order valence-corrected chi connectivity index (χ1v) is 8.93. The van der Waals surface area contributed by atoms with Crippen molar-refractivity contribution in [1.29, 1.82) is 0 Å². The zero-order valence-electron chi connectivity index (χ0n) is 12.4. The molecule has 0 spiro atoms. The van der Waals surface area contributed by atoms with E-state index in [0.29, 0.717) is 9.79 Å². The van der Waals surface area contributed by atoms with Crippen LogP contribution in [0.3, 0.4) is 0 Å². The fraction of sp³-hybridized carbons (Fsp3) is 0.0526. The van der Waals surface area contributed by atoms with Gasteiger partial charge in [0, 0.05) is 34.5 Å². The predicted octanol–water partition coefficient (Wildman–Crippen LogP) is 4.14. The minimum atomic E-state index is -3.42. The second-order valence-corrected chi connectivity index (χ2v) is 7.80. The Hall–Kier alpha value is -2.59. The lowest BCUT2D eigenvalue weighted by Crippen LogP contribution is -1.96. The fourth-order valence-corrected chi connectivity index (χ4v) is 5.44. The maximum atomic E-state index is 12.8. The summed E-state index contributed by atoms with van der Waals surface area (Å²) in [4.78, 5) is 0.824. The van der Waals surface area contributed by atoms with Crippen LogP contribution in [0.15, 0.2) is 70.5 Å². The Bertz CT molecular complexity index is 1230. The molecule has 1 aliphatic heterocycles. The van der Waals surface area contributed by atoms with Gasteiger partial charge in [0.05, 0.1) is 15.3 Å². The van der Waals surface area contributed by atoms with Gasteiger partial charge in [0.15, 0.2) is 0 Å². The van der Waals surface area contributed by atoms with Gasteiger partial charge < -0.3 is 4.57 Å². The number of sulfone groups is 1. The number of hydrogen-bond donors (Lipinski definition) is 0. The van der Waals surface area contributed by atoms with Crippen molar-refractivity contribution >= 4 is 31.6 Å². The summed E-state index contributed by atoms with van der Waals surface area (Å²) in [5, 5.41) is 2.24. The highest BCUT2D eigenvalue weighted by Gasteiger charge is 2.35. The van der Waals surface area contributed by atoms with Crippen molar-refractivity contribution in [3.8, 4) is 11.1 Å². The van der Waals surface area contributed by atoms with Gasteiger partial charge in [-0.05, 0) is 18.2 Å². The third-order valence-electron chi connectivity index (χ3n) is 4.77. The second-order valence-electron chi connectivity index (χ2n) is 5.91. The van der Waals surface area contributed by atoms with Gasteiger partial charge in [-0.1, -0.05) is 42.5 Å². The smallest absolute Gasteiger partial charge is 0.207 e. The molecule has 2 heterocycles. The first-order valence-electron chi connectivity index (χ1n) is 7.45. The van der Waals surface area contributed by atoms with Crippen molar-refractivity contribution < 1.29 is 8.42 Å². The summed E-state index contributed by atoms with van der Waals surface area (Å²) in [5.74, 6) is 0. The molecule has 1 aliphatic rings. The molecule has 5 rings (SSSR count). The molecule has 0 radical (unpaired) electrons. The molecule has 0 bridgehead atoms. The summed E-state index contributed by atoms with van der Waals surface area (Å²) < 4.78 is 27.8. The Labute approximate surface area is 133 Å². The van der Waals surface area contributed by atoms with Gasteiger partial charge in [0.2, 0.25) is 9.84 Å². The summed E-state index contributed by atoms with van der Waals surface area (Å²) >= 11 is 0. The number of nitrogens with zero attached hydrogens (tertiary/aromatic N) is 1. The quantitative estimate of drug-likeness (QED) is 0.430. The van der Waals surface area contributed by atoms with Crippen LogP contribution in [0.4, 0.5) is 0 Å². The molecule has 0 N–H and O–H groups in total. The first kappa shape index (κ1) is 12.9. The molecular formula is C19H13NO2S. The minimum absolute atomic E-state index is 0.410. The van der Waals surface area contributed by atoms with Crippen LogP contribution in [0, 0.1) is 0 Å². The van der Waals surface area contributed by atoms with E-state index < -0.39 is 9.84 Å². The van der Waals surface area contributed by atoms with E-state index in [9.17, 15) is 8.42 Å². The lowest BCUT2D eigenvalue weighted by molar-refractivity contribution is 0.599. The van der Waals surface area contributed by atoms with Crippen LogP contribution in [-0.4, -0.2) is 13.0 Å². The van der Waals surface area contributed by atoms with E-state index in [2.05, 4.69) is 16.7 Å². The van der Waals surface area contributed by atoms with Crippen molar-refractivity contribution in [1.82, 2.24) is 4.57 Å². The number of aromatic nitrogens is 1. The third-order valence-corrected chi connectivity index (χ3v) is 6.62. The number of aryl methyl sites for hydroxylation is 1. The molecule has 0 amide bonds. The SMILES string of the molecule is Cn1c2ccccc2c2ccc3c(c21)-c1ccccc1S3(=O)=O. The van der Waals surface area contributed by atoms with Crippen LogP contribution in [-0.2, 0) is 16.9 Å². The van der Waals surface area contributed by atoms with E-state index in [0.717, 1.165) is 32.9 Å². The molecule has 3 aromatic carbocycles. The maximum Gasteiger partial charge on any atom is 0.207 e. The average Bonchev–Trinajstić information content (AvgIpc) is 2.99. The lowest BCUT2D eigenvalue weighted by atomic mass is 10.0. The summed E-state index contributed by atoms with van der Waals surface area (Å²) in [7, 11) is -1.43. The number of benzene rings is 3. The number of hydrogen-bond acceptors (Lipinski definition) is 2. The maximum absolute atomic E-state index is 12.8. The van der Waals surface area contributed by atoms with Crippen molar-refractivity contribution in [3.05, 3.63) is 60.7 Å². The molecular weight excluding hydrogens is 306 g/mol. The lowest BCUT2D eigenvalue weighted by Gasteiger charge is -2.05. The molecule has 0 saturated heterocycles. The normalized spacial score (nSPS) is 15.0. The highest BCUT2D eigenvalue weighted by atomic mass is 32.2. The van der Waals surface area contributed by atoms with Crippen LogP contribution in [0.1, 0.15) is 0 Å². The van der Waals surface area contributed by atoms with Gasteiger partial charge in [-0.2, -0.15) is 0 Å². The molecule has 0 saturated carbocycles. The molecule has 1 aromatic heterocycles. The molecule has 4 heteroatoms. The van der Waals surface area contributed by atoms with E-state index in [1.54, 1.807) is 18.2 Å². The van der Waals surface area contributed by atoms with E-state index in [-0.39, 0.29) is 0 Å². The number of rotatable bonds is 0. The van der Waals surface area contributed by atoms with Gasteiger partial charge in [0.25, 0.3) is 0 Å². The van der Waals surface area contributed by atoms with Crippen LogP contribution in [0.2, 0.25) is 0 Å². The summed E-state index contributed by atoms with van der Waals surface area (Å²) in [6.45, 7) is 0. The molecule has 0 unspecified atom stereocenters. The van der Waals surface area contributed by atoms with Gasteiger partial charge in [-0.15, -0.1) is 0 Å². The third kappa shape index (κ3) is 1.42. The van der Waals surface area contributed by atoms with Crippen molar-refractivity contribution in [3.63, 3.8) is 0 Å². The van der Waals surface area contributed by atoms with E-state index in [4.69, 9.17) is 0 Å². The Morgan fingerprint density at radius 2 is 1.52 bits per heavy atom. The zero-order chi connectivity index (χ0) is 15.8. The summed E-state index contributed by atoms with van der Waals surface area (Å²) in [6.07, 6.45) is 0. The Morgan fingerprint density at radius 1 is 0.783 bits per heavy atom. The van der Waals surface area contributed by atoms with Crippen LogP contribution in [0.25, 0.3) is 32.9 Å². The second kappa shape index (κ2) is 4.03. The van der Waals surface area contributed by atoms with Crippen molar-refractivity contribution in [2.45, 2.75) is 9.79 Å². The Balaban J connectivity index is 2.11. The van der Waals surface area contributed by atoms with E-state index in [1.165, 1.54) is 0 Å². The topological polar surface area (TPSA) is 39.1 Å². The van der Waals surface area contributed by atoms with Crippen molar-refractivity contribution in [2.75, 3.05) is 0 Å². The van der Waals surface area contributed by atoms with Gasteiger partial charge in [0.1, 0.15) is 0 Å². The standard InChI is InChI=1S/C19H13NO2S/c1-20-15-8-4-2-6-12(15)13-10-11-17-18(19(13)20)14-7-3-5-9-16(14)23(17,21)22/h2-11H,1H3. The number of para-hydroxylation sites is 1. The van der Waals surface area contributed by atoms with Gasteiger partial charge in [-0.3, -0.25) is 0 Å². The summed E-state index contributed by atoms with van der Waals surface area (Å²) in [6, 6.07) is 19.1. The van der Waals surface area contributed by atoms with Gasteiger partial charge >= 0.3 is 0 Å². The fourth-order valence-electron chi connectivity index (χ4n) is 3.76. The van der Waals surface area contributed by atoms with E-state index in [1.807, 2.05) is 37.4 Å². The molecule has 4 aromatic rings. The van der Waals surface area contributed by atoms with Crippen molar-refractivity contribution in [2.24, 2.45) is 7.05 Å².